The van der Waals surface area contributed by atoms with Gasteiger partial charge in [-0.2, -0.15) is 0 Å². The first-order chi connectivity index (χ1) is 10.6. The fraction of sp³-hybridized carbons (Fsp3) is 0.438. The summed E-state index contributed by atoms with van der Waals surface area (Å²) in [5.41, 5.74) is -0.533. The van der Waals surface area contributed by atoms with E-state index >= 15 is 0 Å². The Balaban J connectivity index is 3.13. The monoisotopic (exact) mass is 323 g/mol. The normalized spacial score (nSPS) is 10.8. The van der Waals surface area contributed by atoms with Crippen LogP contribution in [0.4, 0.5) is 4.79 Å². The molecule has 1 amide bonds. The van der Waals surface area contributed by atoms with Gasteiger partial charge in [-0.1, -0.05) is 12.1 Å². The van der Waals surface area contributed by atoms with Crippen LogP contribution in [-0.4, -0.2) is 47.8 Å². The Hall–Kier alpha value is -2.57. The van der Waals surface area contributed by atoms with Gasteiger partial charge in [-0.25, -0.2) is 14.4 Å². The summed E-state index contributed by atoms with van der Waals surface area (Å²) in [7, 11) is 2.67. The molecule has 1 N–H and O–H groups in total. The van der Waals surface area contributed by atoms with Crippen molar-refractivity contribution in [1.29, 1.82) is 0 Å². The number of rotatable bonds is 4. The molecule has 0 heterocycles. The van der Waals surface area contributed by atoms with Crippen LogP contribution >= 0.6 is 0 Å². The number of amides is 1. The van der Waals surface area contributed by atoms with E-state index in [2.05, 4.69) is 4.74 Å². The lowest BCUT2D eigenvalue weighted by Crippen LogP contribution is -2.34. The van der Waals surface area contributed by atoms with Crippen molar-refractivity contribution in [1.82, 2.24) is 4.90 Å². The van der Waals surface area contributed by atoms with Crippen molar-refractivity contribution in [2.45, 2.75) is 32.9 Å². The first-order valence-electron chi connectivity index (χ1n) is 6.94. The molecule has 0 saturated carbocycles. The molecule has 0 aromatic heterocycles. The smallest absolute Gasteiger partial charge is 0.410 e. The molecule has 0 spiro atoms. The quantitative estimate of drug-likeness (QED) is 0.856. The molecule has 1 aromatic rings. The van der Waals surface area contributed by atoms with E-state index in [4.69, 9.17) is 4.74 Å². The van der Waals surface area contributed by atoms with Crippen LogP contribution in [0.25, 0.3) is 0 Å². The highest BCUT2D eigenvalue weighted by Gasteiger charge is 2.24. The number of carbonyl (C=O) groups is 3. The van der Waals surface area contributed by atoms with Crippen molar-refractivity contribution in [2.24, 2.45) is 0 Å². The molecule has 0 radical (unpaired) electrons. The molecule has 0 atom stereocenters. The molecule has 0 aliphatic carbocycles. The number of carboxylic acids is 1. The predicted octanol–water partition coefficient (Wildman–Crippen LogP) is 2.54. The number of benzene rings is 1. The van der Waals surface area contributed by atoms with Gasteiger partial charge in [0, 0.05) is 13.6 Å². The van der Waals surface area contributed by atoms with E-state index in [0.717, 1.165) is 0 Å². The minimum atomic E-state index is -1.24. The molecular weight excluding hydrogens is 302 g/mol. The van der Waals surface area contributed by atoms with E-state index in [1.54, 1.807) is 26.8 Å². The Morgan fingerprint density at radius 2 is 1.83 bits per heavy atom. The molecule has 1 rings (SSSR count). The van der Waals surface area contributed by atoms with Gasteiger partial charge in [0.1, 0.15) is 5.60 Å². The third kappa shape index (κ3) is 4.98. The van der Waals surface area contributed by atoms with Crippen molar-refractivity contribution in [3.8, 4) is 0 Å². The SMILES string of the molecule is COC(=O)c1c(CN(C)C(=O)OC(C)(C)C)cccc1C(=O)O. The Morgan fingerprint density at radius 1 is 1.22 bits per heavy atom. The Bertz CT molecular complexity index is 617. The Labute approximate surface area is 134 Å². The summed E-state index contributed by atoms with van der Waals surface area (Å²) in [6.07, 6.45) is -0.575. The lowest BCUT2D eigenvalue weighted by Gasteiger charge is -2.25. The molecule has 7 heteroatoms. The number of hydrogen-bond acceptors (Lipinski definition) is 5. The van der Waals surface area contributed by atoms with Crippen molar-refractivity contribution in [3.63, 3.8) is 0 Å². The molecule has 7 nitrogen and oxygen atoms in total. The summed E-state index contributed by atoms with van der Waals surface area (Å²) in [5, 5.41) is 9.22. The van der Waals surface area contributed by atoms with Gasteiger partial charge in [-0.15, -0.1) is 0 Å². The molecule has 23 heavy (non-hydrogen) atoms. The van der Waals surface area contributed by atoms with E-state index in [0.29, 0.717) is 5.56 Å². The minimum absolute atomic E-state index is 0.0144. The second-order valence-electron chi connectivity index (χ2n) is 5.97. The van der Waals surface area contributed by atoms with Crippen LogP contribution in [0.1, 0.15) is 47.1 Å². The molecular formula is C16H21NO6. The first-order valence-corrected chi connectivity index (χ1v) is 6.94. The lowest BCUT2D eigenvalue weighted by atomic mass is 10.0. The maximum Gasteiger partial charge on any atom is 0.410 e. The molecule has 0 saturated heterocycles. The van der Waals surface area contributed by atoms with Crippen LogP contribution in [-0.2, 0) is 16.0 Å². The molecule has 0 aliphatic rings. The Morgan fingerprint density at radius 3 is 2.30 bits per heavy atom. The standard InChI is InChI=1S/C16H21NO6/c1-16(2,3)23-15(21)17(4)9-10-7-6-8-11(13(18)19)12(10)14(20)22-5/h6-8H,9H2,1-5H3,(H,18,19). The molecule has 126 valence electrons. The van der Waals surface area contributed by atoms with Crippen LogP contribution < -0.4 is 0 Å². The van der Waals surface area contributed by atoms with Crippen molar-refractivity contribution in [2.75, 3.05) is 14.2 Å². The summed E-state index contributed by atoms with van der Waals surface area (Å²) in [5.74, 6) is -2.01. The molecule has 0 unspecified atom stereocenters. The number of aromatic carboxylic acids is 1. The van der Waals surface area contributed by atoms with Gasteiger partial charge in [-0.05, 0) is 32.4 Å². The summed E-state index contributed by atoms with van der Waals surface area (Å²) in [4.78, 5) is 36.5. The fourth-order valence-electron chi connectivity index (χ4n) is 1.91. The van der Waals surface area contributed by atoms with Gasteiger partial charge in [0.2, 0.25) is 0 Å². The third-order valence-electron chi connectivity index (χ3n) is 2.88. The zero-order chi connectivity index (χ0) is 17.8. The lowest BCUT2D eigenvalue weighted by molar-refractivity contribution is 0.0282. The predicted molar refractivity (Wildman–Crippen MR) is 82.4 cm³/mol. The number of ether oxygens (including phenoxy) is 2. The van der Waals surface area contributed by atoms with E-state index in [9.17, 15) is 19.5 Å². The van der Waals surface area contributed by atoms with Crippen molar-refractivity contribution in [3.05, 3.63) is 34.9 Å². The Kier molecular flexibility index (Phi) is 5.73. The number of hydrogen-bond donors (Lipinski definition) is 1. The van der Waals surface area contributed by atoms with Crippen molar-refractivity contribution >= 4 is 18.0 Å². The second kappa shape index (κ2) is 7.13. The van der Waals surface area contributed by atoms with Gasteiger partial charge in [0.25, 0.3) is 0 Å². The summed E-state index contributed by atoms with van der Waals surface area (Å²) >= 11 is 0. The van der Waals surface area contributed by atoms with Gasteiger partial charge >= 0.3 is 18.0 Å². The van der Waals surface area contributed by atoms with Gasteiger partial charge in [-0.3, -0.25) is 0 Å². The van der Waals surface area contributed by atoms with Crippen LogP contribution in [0, 0.1) is 0 Å². The fourth-order valence-corrected chi connectivity index (χ4v) is 1.91. The largest absolute Gasteiger partial charge is 0.478 e. The van der Waals surface area contributed by atoms with E-state index in [-0.39, 0.29) is 17.7 Å². The summed E-state index contributed by atoms with van der Waals surface area (Å²) < 4.78 is 9.88. The maximum absolute atomic E-state index is 12.0. The average molecular weight is 323 g/mol. The zero-order valence-electron chi connectivity index (χ0n) is 13.9. The molecule has 0 aliphatic heterocycles. The topological polar surface area (TPSA) is 93.1 Å². The number of carbonyl (C=O) groups excluding carboxylic acids is 2. The third-order valence-corrected chi connectivity index (χ3v) is 2.88. The van der Waals surface area contributed by atoms with Crippen LogP contribution in [0.15, 0.2) is 18.2 Å². The number of nitrogens with zero attached hydrogens (tertiary/aromatic N) is 1. The van der Waals surface area contributed by atoms with Crippen LogP contribution in [0.3, 0.4) is 0 Å². The number of methoxy groups -OCH3 is 1. The number of carboxylic acid groups (broad SMARTS) is 1. The maximum atomic E-state index is 12.0. The highest BCUT2D eigenvalue weighted by atomic mass is 16.6. The van der Waals surface area contributed by atoms with E-state index in [1.807, 2.05) is 0 Å². The van der Waals surface area contributed by atoms with Crippen molar-refractivity contribution < 1.29 is 29.0 Å². The molecule has 1 aromatic carbocycles. The summed E-state index contributed by atoms with van der Waals surface area (Å²) in [6, 6.07) is 4.39. The van der Waals surface area contributed by atoms with Crippen LogP contribution in [0.2, 0.25) is 0 Å². The minimum Gasteiger partial charge on any atom is -0.478 e. The first kappa shape index (κ1) is 18.5. The van der Waals surface area contributed by atoms with Gasteiger partial charge in [0.15, 0.2) is 0 Å². The second-order valence-corrected chi connectivity index (χ2v) is 5.97. The van der Waals surface area contributed by atoms with Gasteiger partial charge in [0.05, 0.1) is 18.2 Å². The molecule has 0 fully saturated rings. The number of esters is 1. The highest BCUT2D eigenvalue weighted by molar-refractivity contribution is 6.03. The van der Waals surface area contributed by atoms with Crippen LogP contribution in [0.5, 0.6) is 0 Å². The van der Waals surface area contributed by atoms with E-state index in [1.165, 1.54) is 31.2 Å². The molecule has 0 bridgehead atoms. The summed E-state index contributed by atoms with van der Waals surface area (Å²) in [6.45, 7) is 5.23. The van der Waals surface area contributed by atoms with E-state index < -0.39 is 23.6 Å². The highest BCUT2D eigenvalue weighted by Crippen LogP contribution is 2.19. The zero-order valence-corrected chi connectivity index (χ0v) is 13.9. The van der Waals surface area contributed by atoms with Gasteiger partial charge < -0.3 is 19.5 Å². The average Bonchev–Trinajstić information content (AvgIpc) is 2.44.